The van der Waals surface area contributed by atoms with Gasteiger partial charge in [-0.3, -0.25) is 4.79 Å². The van der Waals surface area contributed by atoms with Crippen molar-refractivity contribution in [2.45, 2.75) is 105 Å². The lowest BCUT2D eigenvalue weighted by atomic mass is 9.83. The predicted octanol–water partition coefficient (Wildman–Crippen LogP) is 6.74. The maximum Gasteiger partial charge on any atom is 0.251 e. The van der Waals surface area contributed by atoms with E-state index < -0.39 is 0 Å². The van der Waals surface area contributed by atoms with Gasteiger partial charge >= 0.3 is 0 Å². The molecule has 1 aliphatic carbocycles. The van der Waals surface area contributed by atoms with Gasteiger partial charge in [0, 0.05) is 38.4 Å². The molecular formula is C31H56N2O3. The number of nitrogens with zero attached hydrogens (tertiary/aromatic N) is 1. The summed E-state index contributed by atoms with van der Waals surface area (Å²) in [5.41, 5.74) is 2.11. The molecule has 2 aliphatic rings. The number of aryl methyl sites for hydroxylation is 1. The van der Waals surface area contributed by atoms with Crippen LogP contribution in [0.4, 0.5) is 0 Å². The van der Waals surface area contributed by atoms with Gasteiger partial charge in [-0.15, -0.1) is 0 Å². The van der Waals surface area contributed by atoms with Crippen LogP contribution in [0.2, 0.25) is 0 Å². The summed E-state index contributed by atoms with van der Waals surface area (Å²) in [5, 5.41) is 3.37. The maximum absolute atomic E-state index is 12.8. The molecule has 1 aliphatic heterocycles. The lowest BCUT2D eigenvalue weighted by Crippen LogP contribution is -2.48. The molecule has 1 amide bonds. The maximum atomic E-state index is 12.8. The Morgan fingerprint density at radius 2 is 1.67 bits per heavy atom. The monoisotopic (exact) mass is 504 g/mol. The number of methoxy groups -OCH3 is 1. The van der Waals surface area contributed by atoms with E-state index in [9.17, 15) is 4.79 Å². The summed E-state index contributed by atoms with van der Waals surface area (Å²) in [7, 11) is 1.71. The van der Waals surface area contributed by atoms with Crippen LogP contribution in [0.15, 0.2) is 24.3 Å². The highest BCUT2D eigenvalue weighted by molar-refractivity contribution is 5.94. The standard InChI is InChI=1S/C24H38N2O2.C5H12O.C2H6/c1-3-19-11-13-21(14-12-19)24(27)25-23-10-6-5-9-22(23)17-26-15-7-8-20(16-26)18-28-4-2;1-5(2,3)6-4;1-2/h11-14,20,22-23H,3-10,15-18H2,1-2H3,(H,25,27);1-4H3;1-2H3/t20?,22-,23?;;/m0../s1. The van der Waals surface area contributed by atoms with E-state index in [-0.39, 0.29) is 11.5 Å². The first kappa shape index (κ1) is 32.6. The summed E-state index contributed by atoms with van der Waals surface area (Å²) >= 11 is 0. The molecule has 1 aromatic carbocycles. The second kappa shape index (κ2) is 17.9. The second-order valence-corrected chi connectivity index (χ2v) is 10.9. The van der Waals surface area contributed by atoms with Gasteiger partial charge in [0.1, 0.15) is 0 Å². The number of hydrogen-bond donors (Lipinski definition) is 1. The SMILES string of the molecule is CC.CCOCC1CCCN(C[C@@H]2CCCCC2NC(=O)c2ccc(CC)cc2)C1.COC(C)(C)C. The van der Waals surface area contributed by atoms with Gasteiger partial charge in [0.05, 0.1) is 12.2 Å². The van der Waals surface area contributed by atoms with Gasteiger partial charge in [0.2, 0.25) is 0 Å². The zero-order valence-electron chi connectivity index (χ0n) is 24.7. The first-order valence-electron chi connectivity index (χ1n) is 14.5. The highest BCUT2D eigenvalue weighted by Crippen LogP contribution is 2.27. The van der Waals surface area contributed by atoms with Crippen LogP contribution in [0.5, 0.6) is 0 Å². The van der Waals surface area contributed by atoms with Crippen LogP contribution in [0.25, 0.3) is 0 Å². The van der Waals surface area contributed by atoms with E-state index in [2.05, 4.69) is 36.2 Å². The van der Waals surface area contributed by atoms with Gasteiger partial charge < -0.3 is 19.7 Å². The number of amides is 1. The van der Waals surface area contributed by atoms with Crippen LogP contribution in [0.1, 0.15) is 103 Å². The first-order chi connectivity index (χ1) is 17.3. The van der Waals surface area contributed by atoms with Gasteiger partial charge in [-0.2, -0.15) is 0 Å². The Labute approximate surface area is 222 Å². The van der Waals surface area contributed by atoms with Crippen LogP contribution >= 0.6 is 0 Å². The van der Waals surface area contributed by atoms with E-state index in [1.165, 1.54) is 44.2 Å². The van der Waals surface area contributed by atoms with Crippen LogP contribution in [-0.4, -0.2) is 62.4 Å². The molecule has 5 nitrogen and oxygen atoms in total. The summed E-state index contributed by atoms with van der Waals surface area (Å²) in [4.78, 5) is 15.4. The Morgan fingerprint density at radius 1 is 1.03 bits per heavy atom. The minimum Gasteiger partial charge on any atom is -0.381 e. The lowest BCUT2D eigenvalue weighted by Gasteiger charge is -2.39. The molecule has 36 heavy (non-hydrogen) atoms. The summed E-state index contributed by atoms with van der Waals surface area (Å²) in [6, 6.07) is 8.38. The van der Waals surface area contributed by atoms with Gasteiger partial charge in [-0.1, -0.05) is 45.7 Å². The zero-order valence-corrected chi connectivity index (χ0v) is 24.7. The summed E-state index contributed by atoms with van der Waals surface area (Å²) in [6.45, 7) is 19.4. The van der Waals surface area contributed by atoms with Gasteiger partial charge in [-0.05, 0) is 95.9 Å². The average molecular weight is 505 g/mol. The molecule has 5 heteroatoms. The Hall–Kier alpha value is -1.43. The lowest BCUT2D eigenvalue weighted by molar-refractivity contribution is 0.0397. The fraction of sp³-hybridized carbons (Fsp3) is 0.774. The summed E-state index contributed by atoms with van der Waals surface area (Å²) in [5.74, 6) is 1.33. The number of nitrogens with one attached hydrogen (secondary N) is 1. The highest BCUT2D eigenvalue weighted by Gasteiger charge is 2.30. The average Bonchev–Trinajstić information content (AvgIpc) is 2.90. The van der Waals surface area contributed by atoms with Crippen molar-refractivity contribution in [3.8, 4) is 0 Å². The molecule has 3 atom stereocenters. The smallest absolute Gasteiger partial charge is 0.251 e. The Morgan fingerprint density at radius 3 is 2.25 bits per heavy atom. The number of likely N-dealkylation sites (tertiary alicyclic amines) is 1. The molecule has 1 heterocycles. The van der Waals surface area contributed by atoms with Crippen LogP contribution in [0, 0.1) is 11.8 Å². The van der Waals surface area contributed by atoms with Gasteiger partial charge in [-0.25, -0.2) is 0 Å². The fourth-order valence-electron chi connectivity index (χ4n) is 4.83. The molecule has 0 bridgehead atoms. The number of ether oxygens (including phenoxy) is 2. The Kier molecular flexibility index (Phi) is 16.2. The third kappa shape index (κ3) is 12.7. The molecule has 0 radical (unpaired) electrons. The molecule has 3 rings (SSSR count). The van der Waals surface area contributed by atoms with E-state index >= 15 is 0 Å². The fourth-order valence-corrected chi connectivity index (χ4v) is 4.83. The molecule has 1 saturated heterocycles. The summed E-state index contributed by atoms with van der Waals surface area (Å²) in [6.07, 6.45) is 8.42. The third-order valence-electron chi connectivity index (χ3n) is 7.12. The van der Waals surface area contributed by atoms with E-state index in [1.54, 1.807) is 7.11 Å². The molecule has 208 valence electrons. The van der Waals surface area contributed by atoms with Crippen molar-refractivity contribution in [1.82, 2.24) is 10.2 Å². The largest absolute Gasteiger partial charge is 0.381 e. The molecule has 1 aromatic rings. The van der Waals surface area contributed by atoms with Crippen molar-refractivity contribution in [2.75, 3.05) is 40.0 Å². The third-order valence-corrected chi connectivity index (χ3v) is 7.12. The summed E-state index contributed by atoms with van der Waals surface area (Å²) < 4.78 is 10.6. The van der Waals surface area contributed by atoms with E-state index in [1.807, 2.05) is 46.8 Å². The Balaban J connectivity index is 0.000000710. The van der Waals surface area contributed by atoms with Crippen molar-refractivity contribution in [3.63, 3.8) is 0 Å². The van der Waals surface area contributed by atoms with Crippen LogP contribution < -0.4 is 5.32 Å². The molecular weight excluding hydrogens is 448 g/mol. The topological polar surface area (TPSA) is 50.8 Å². The van der Waals surface area contributed by atoms with Crippen LogP contribution in [0.3, 0.4) is 0 Å². The highest BCUT2D eigenvalue weighted by atomic mass is 16.5. The molecule has 0 aromatic heterocycles. The zero-order chi connectivity index (χ0) is 27.0. The molecule has 2 unspecified atom stereocenters. The van der Waals surface area contributed by atoms with E-state index in [0.717, 1.165) is 44.7 Å². The van der Waals surface area contributed by atoms with Gasteiger partial charge in [0.15, 0.2) is 0 Å². The first-order valence-corrected chi connectivity index (χ1v) is 14.5. The number of carbonyl (C=O) groups excluding carboxylic acids is 1. The van der Waals surface area contributed by atoms with Crippen molar-refractivity contribution in [3.05, 3.63) is 35.4 Å². The molecule has 0 spiro atoms. The van der Waals surface area contributed by atoms with Crippen molar-refractivity contribution >= 4 is 5.91 Å². The number of hydrogen-bond acceptors (Lipinski definition) is 4. The number of piperidine rings is 1. The van der Waals surface area contributed by atoms with E-state index in [0.29, 0.717) is 17.9 Å². The van der Waals surface area contributed by atoms with Gasteiger partial charge in [0.25, 0.3) is 5.91 Å². The number of benzene rings is 1. The normalized spacial score (nSPS) is 22.5. The number of carbonyl (C=O) groups is 1. The van der Waals surface area contributed by atoms with Crippen molar-refractivity contribution in [1.29, 1.82) is 0 Å². The minimum absolute atomic E-state index is 0.0417. The quantitative estimate of drug-likeness (QED) is 0.426. The van der Waals surface area contributed by atoms with Crippen molar-refractivity contribution < 1.29 is 14.3 Å². The minimum atomic E-state index is 0.0417. The molecule has 1 saturated carbocycles. The second-order valence-electron chi connectivity index (χ2n) is 10.9. The molecule has 2 fully saturated rings. The predicted molar refractivity (Wildman–Crippen MR) is 153 cm³/mol. The van der Waals surface area contributed by atoms with Crippen molar-refractivity contribution in [2.24, 2.45) is 11.8 Å². The van der Waals surface area contributed by atoms with E-state index in [4.69, 9.17) is 9.47 Å². The molecule has 1 N–H and O–H groups in total. The number of rotatable bonds is 8. The Bertz CT molecular complexity index is 699. The van der Waals surface area contributed by atoms with Crippen LogP contribution in [-0.2, 0) is 15.9 Å².